The Morgan fingerprint density at radius 2 is 2.05 bits per heavy atom. The molecule has 0 amide bonds. The molecular weight excluding hydrogens is 262 g/mol. The number of rotatable bonds is 2. The van der Waals surface area contributed by atoms with E-state index in [0.29, 0.717) is 5.02 Å². The third-order valence-electron chi connectivity index (χ3n) is 3.94. The summed E-state index contributed by atoms with van der Waals surface area (Å²) in [5, 5.41) is 16.0. The molecule has 19 heavy (non-hydrogen) atoms. The first-order chi connectivity index (χ1) is 9.20. The lowest BCUT2D eigenvalue weighted by Crippen LogP contribution is -2.39. The highest BCUT2D eigenvalue weighted by molar-refractivity contribution is 6.30. The minimum atomic E-state index is -0.892. The molecule has 0 bridgehead atoms. The molecule has 0 saturated heterocycles. The zero-order valence-electron chi connectivity index (χ0n) is 10.5. The van der Waals surface area contributed by atoms with Crippen LogP contribution in [0.15, 0.2) is 36.9 Å². The second kappa shape index (κ2) is 4.94. The van der Waals surface area contributed by atoms with Crippen molar-refractivity contribution in [3.05, 3.63) is 47.5 Å². The lowest BCUT2D eigenvalue weighted by molar-refractivity contribution is -0.0516. The van der Waals surface area contributed by atoms with Crippen LogP contribution in [0, 0.1) is 0 Å². The maximum absolute atomic E-state index is 11.1. The summed E-state index contributed by atoms with van der Waals surface area (Å²) < 4.78 is 1.77. The number of benzene rings is 1. The number of aliphatic hydroxyl groups is 1. The van der Waals surface area contributed by atoms with Gasteiger partial charge in [-0.25, -0.2) is 9.67 Å². The van der Waals surface area contributed by atoms with Crippen LogP contribution >= 0.6 is 11.6 Å². The molecule has 1 aromatic carbocycles. The van der Waals surface area contributed by atoms with Gasteiger partial charge in [-0.3, -0.25) is 0 Å². The fourth-order valence-corrected chi connectivity index (χ4v) is 3.07. The first-order valence-electron chi connectivity index (χ1n) is 6.53. The van der Waals surface area contributed by atoms with E-state index < -0.39 is 5.60 Å². The number of aromatic nitrogens is 3. The molecule has 1 saturated carbocycles. The van der Waals surface area contributed by atoms with E-state index in [1.165, 1.54) is 6.33 Å². The SMILES string of the molecule is O[C@]1(c2ccc(Cl)cc2)CCCC[C@@H]1n1cncn1. The van der Waals surface area contributed by atoms with Crippen molar-refractivity contribution < 1.29 is 5.11 Å². The van der Waals surface area contributed by atoms with Crippen LogP contribution in [0.1, 0.15) is 37.3 Å². The molecule has 1 aliphatic carbocycles. The van der Waals surface area contributed by atoms with E-state index in [0.717, 1.165) is 31.2 Å². The van der Waals surface area contributed by atoms with Gasteiger partial charge in [0.05, 0.1) is 6.04 Å². The standard InChI is InChI=1S/C14H16ClN3O/c15-12-6-4-11(5-7-12)14(19)8-2-1-3-13(14)18-10-16-9-17-18/h4-7,9-10,13,19H,1-3,8H2/t13-,14-/m0/s1. The largest absolute Gasteiger partial charge is 0.383 e. The van der Waals surface area contributed by atoms with Crippen molar-refractivity contribution in [1.29, 1.82) is 0 Å². The molecule has 0 unspecified atom stereocenters. The highest BCUT2D eigenvalue weighted by Crippen LogP contribution is 2.44. The molecule has 4 nitrogen and oxygen atoms in total. The number of halogens is 1. The molecule has 2 aromatic rings. The summed E-state index contributed by atoms with van der Waals surface area (Å²) in [7, 11) is 0. The monoisotopic (exact) mass is 277 g/mol. The summed E-state index contributed by atoms with van der Waals surface area (Å²) in [6.45, 7) is 0. The molecule has 2 atom stereocenters. The fourth-order valence-electron chi connectivity index (χ4n) is 2.94. The van der Waals surface area contributed by atoms with Crippen LogP contribution < -0.4 is 0 Å². The van der Waals surface area contributed by atoms with Crippen molar-refractivity contribution in [1.82, 2.24) is 14.8 Å². The second-order valence-electron chi connectivity index (χ2n) is 5.07. The van der Waals surface area contributed by atoms with Crippen LogP contribution in [0.4, 0.5) is 0 Å². The Hall–Kier alpha value is -1.39. The van der Waals surface area contributed by atoms with E-state index in [1.54, 1.807) is 11.0 Å². The van der Waals surface area contributed by atoms with E-state index in [2.05, 4.69) is 10.1 Å². The van der Waals surface area contributed by atoms with E-state index in [-0.39, 0.29) is 6.04 Å². The molecule has 1 aromatic heterocycles. The Morgan fingerprint density at radius 3 is 2.74 bits per heavy atom. The smallest absolute Gasteiger partial charge is 0.137 e. The Balaban J connectivity index is 2.00. The summed E-state index contributed by atoms with van der Waals surface area (Å²) in [5.74, 6) is 0. The van der Waals surface area contributed by atoms with Crippen LogP contribution in [0.3, 0.4) is 0 Å². The first-order valence-corrected chi connectivity index (χ1v) is 6.90. The highest BCUT2D eigenvalue weighted by atomic mass is 35.5. The Kier molecular flexibility index (Phi) is 3.29. The summed E-state index contributed by atoms with van der Waals surface area (Å²) >= 11 is 5.92. The predicted octanol–water partition coefficient (Wildman–Crippen LogP) is 2.93. The second-order valence-corrected chi connectivity index (χ2v) is 5.50. The van der Waals surface area contributed by atoms with Crippen LogP contribution in [-0.2, 0) is 5.60 Å². The average Bonchev–Trinajstić information content (AvgIpc) is 2.93. The molecule has 0 spiro atoms. The number of nitrogens with zero attached hydrogens (tertiary/aromatic N) is 3. The van der Waals surface area contributed by atoms with E-state index >= 15 is 0 Å². The maximum Gasteiger partial charge on any atom is 0.137 e. The van der Waals surface area contributed by atoms with Gasteiger partial charge >= 0.3 is 0 Å². The van der Waals surface area contributed by atoms with Gasteiger partial charge in [0, 0.05) is 5.02 Å². The first kappa shape index (κ1) is 12.6. The lowest BCUT2D eigenvalue weighted by Gasteiger charge is -2.40. The number of hydrogen-bond acceptors (Lipinski definition) is 3. The van der Waals surface area contributed by atoms with Crippen LogP contribution in [0.5, 0.6) is 0 Å². The van der Waals surface area contributed by atoms with Gasteiger partial charge in [-0.1, -0.05) is 36.6 Å². The minimum Gasteiger partial charge on any atom is -0.383 e. The Bertz CT molecular complexity index is 540. The third-order valence-corrected chi connectivity index (χ3v) is 4.19. The molecule has 5 heteroatoms. The van der Waals surface area contributed by atoms with E-state index in [4.69, 9.17) is 11.6 Å². The van der Waals surface area contributed by atoms with Crippen LogP contribution in [0.2, 0.25) is 5.02 Å². The number of hydrogen-bond donors (Lipinski definition) is 1. The van der Waals surface area contributed by atoms with Crippen LogP contribution in [0.25, 0.3) is 0 Å². The van der Waals surface area contributed by atoms with Gasteiger partial charge in [-0.2, -0.15) is 5.10 Å². The fraction of sp³-hybridized carbons (Fsp3) is 0.429. The molecule has 1 N–H and O–H groups in total. The van der Waals surface area contributed by atoms with Crippen molar-refractivity contribution >= 4 is 11.6 Å². The molecule has 100 valence electrons. The zero-order chi connectivity index (χ0) is 13.3. The van der Waals surface area contributed by atoms with Gasteiger partial charge < -0.3 is 5.11 Å². The van der Waals surface area contributed by atoms with Gasteiger partial charge in [0.25, 0.3) is 0 Å². The predicted molar refractivity (Wildman–Crippen MR) is 72.9 cm³/mol. The molecule has 3 rings (SSSR count). The van der Waals surface area contributed by atoms with Gasteiger partial charge in [-0.05, 0) is 30.5 Å². The summed E-state index contributed by atoms with van der Waals surface area (Å²) in [4.78, 5) is 3.99. The summed E-state index contributed by atoms with van der Waals surface area (Å²) in [5.41, 5.74) is 0.00777. The quantitative estimate of drug-likeness (QED) is 0.918. The van der Waals surface area contributed by atoms with Gasteiger partial charge in [-0.15, -0.1) is 0 Å². The van der Waals surface area contributed by atoms with Gasteiger partial charge in [0.2, 0.25) is 0 Å². The third kappa shape index (κ3) is 2.26. The molecule has 1 heterocycles. The van der Waals surface area contributed by atoms with E-state index in [9.17, 15) is 5.11 Å². The molecular formula is C14H16ClN3O. The van der Waals surface area contributed by atoms with Crippen molar-refractivity contribution in [2.45, 2.75) is 37.3 Å². The lowest BCUT2D eigenvalue weighted by atomic mass is 9.76. The van der Waals surface area contributed by atoms with Gasteiger partial charge in [0.15, 0.2) is 0 Å². The highest BCUT2D eigenvalue weighted by Gasteiger charge is 2.42. The molecule has 1 aliphatic rings. The van der Waals surface area contributed by atoms with E-state index in [1.807, 2.05) is 24.3 Å². The van der Waals surface area contributed by atoms with Crippen molar-refractivity contribution in [2.75, 3.05) is 0 Å². The van der Waals surface area contributed by atoms with Crippen molar-refractivity contribution in [3.8, 4) is 0 Å². The van der Waals surface area contributed by atoms with Crippen LogP contribution in [-0.4, -0.2) is 19.9 Å². The topological polar surface area (TPSA) is 50.9 Å². The summed E-state index contributed by atoms with van der Waals surface area (Å²) in [6, 6.07) is 7.38. The minimum absolute atomic E-state index is 0.0649. The summed E-state index contributed by atoms with van der Waals surface area (Å²) in [6.07, 6.45) is 6.94. The van der Waals surface area contributed by atoms with Crippen molar-refractivity contribution in [2.24, 2.45) is 0 Å². The van der Waals surface area contributed by atoms with Crippen molar-refractivity contribution in [3.63, 3.8) is 0 Å². The normalized spacial score (nSPS) is 27.4. The Morgan fingerprint density at radius 1 is 1.26 bits per heavy atom. The Labute approximate surface area is 117 Å². The maximum atomic E-state index is 11.1. The zero-order valence-corrected chi connectivity index (χ0v) is 11.3. The molecule has 0 aliphatic heterocycles. The molecule has 1 fully saturated rings. The molecule has 0 radical (unpaired) electrons. The average molecular weight is 278 g/mol. The van der Waals surface area contributed by atoms with Gasteiger partial charge in [0.1, 0.15) is 18.3 Å².